The van der Waals surface area contributed by atoms with Gasteiger partial charge in [-0.05, 0) is 28.1 Å². The van der Waals surface area contributed by atoms with Crippen LogP contribution in [0.25, 0.3) is 0 Å². The second-order valence-corrected chi connectivity index (χ2v) is 4.89. The minimum atomic E-state index is 0.495. The zero-order valence-corrected chi connectivity index (χ0v) is 12.6. The first kappa shape index (κ1) is 13.5. The predicted octanol–water partition coefficient (Wildman–Crippen LogP) is 2.49. The van der Waals surface area contributed by atoms with Gasteiger partial charge in [0.05, 0.1) is 5.69 Å². The molecule has 0 unspecified atom stereocenters. The summed E-state index contributed by atoms with van der Waals surface area (Å²) >= 11 is 3.48. The van der Waals surface area contributed by atoms with Crippen molar-refractivity contribution < 1.29 is 0 Å². The molecule has 0 saturated heterocycles. The average Bonchev–Trinajstić information content (AvgIpc) is 2.41. The molecule has 1 aromatic heterocycles. The van der Waals surface area contributed by atoms with E-state index >= 15 is 0 Å². The van der Waals surface area contributed by atoms with Crippen LogP contribution in [0.5, 0.6) is 0 Å². The van der Waals surface area contributed by atoms with E-state index < -0.39 is 0 Å². The SMILES string of the molecule is CNc1nc(Nc2ccccc2Br)nc(N(C)C)n1. The Balaban J connectivity index is 2.34. The van der Waals surface area contributed by atoms with Gasteiger partial charge in [0.15, 0.2) is 0 Å². The molecular formula is C12H15BrN6. The van der Waals surface area contributed by atoms with Gasteiger partial charge in [0.2, 0.25) is 17.8 Å². The van der Waals surface area contributed by atoms with Crippen molar-refractivity contribution in [2.24, 2.45) is 0 Å². The van der Waals surface area contributed by atoms with Gasteiger partial charge in [0.1, 0.15) is 0 Å². The summed E-state index contributed by atoms with van der Waals surface area (Å²) < 4.78 is 0.952. The highest BCUT2D eigenvalue weighted by Crippen LogP contribution is 2.24. The maximum absolute atomic E-state index is 4.35. The molecule has 0 aliphatic carbocycles. The van der Waals surface area contributed by atoms with Gasteiger partial charge in [0, 0.05) is 25.6 Å². The van der Waals surface area contributed by atoms with Crippen LogP contribution in [0.2, 0.25) is 0 Å². The Morgan fingerprint density at radius 3 is 2.37 bits per heavy atom. The fraction of sp³-hybridized carbons (Fsp3) is 0.250. The molecule has 0 aliphatic heterocycles. The molecule has 0 spiro atoms. The second-order valence-electron chi connectivity index (χ2n) is 4.03. The predicted molar refractivity (Wildman–Crippen MR) is 81.1 cm³/mol. The molecule has 0 fully saturated rings. The molecule has 6 nitrogen and oxygen atoms in total. The topological polar surface area (TPSA) is 66.0 Å². The summed E-state index contributed by atoms with van der Waals surface area (Å²) in [5.74, 6) is 1.61. The zero-order valence-electron chi connectivity index (χ0n) is 11.0. The minimum absolute atomic E-state index is 0.495. The van der Waals surface area contributed by atoms with Crippen LogP contribution in [0.4, 0.5) is 23.5 Å². The number of anilines is 4. The lowest BCUT2D eigenvalue weighted by molar-refractivity contribution is 0.963. The molecule has 2 rings (SSSR count). The van der Waals surface area contributed by atoms with Crippen LogP contribution in [0, 0.1) is 0 Å². The van der Waals surface area contributed by atoms with E-state index in [0.29, 0.717) is 17.8 Å². The lowest BCUT2D eigenvalue weighted by Gasteiger charge is -2.13. The van der Waals surface area contributed by atoms with Crippen molar-refractivity contribution in [3.63, 3.8) is 0 Å². The average molecular weight is 323 g/mol. The first-order valence-corrected chi connectivity index (χ1v) is 6.52. The largest absolute Gasteiger partial charge is 0.357 e. The monoisotopic (exact) mass is 322 g/mol. The molecule has 1 aromatic carbocycles. The van der Waals surface area contributed by atoms with E-state index in [1.807, 2.05) is 43.3 Å². The molecule has 0 amide bonds. The van der Waals surface area contributed by atoms with Crippen LogP contribution in [0.1, 0.15) is 0 Å². The van der Waals surface area contributed by atoms with Gasteiger partial charge in [0.25, 0.3) is 0 Å². The normalized spacial score (nSPS) is 10.1. The molecule has 1 heterocycles. The third kappa shape index (κ3) is 3.31. The van der Waals surface area contributed by atoms with Crippen molar-refractivity contribution in [1.82, 2.24) is 15.0 Å². The number of rotatable bonds is 4. The summed E-state index contributed by atoms with van der Waals surface area (Å²) in [5.41, 5.74) is 0.903. The first-order valence-electron chi connectivity index (χ1n) is 5.73. The highest BCUT2D eigenvalue weighted by atomic mass is 79.9. The Hall–Kier alpha value is -1.89. The summed E-state index contributed by atoms with van der Waals surface area (Å²) in [6.45, 7) is 0. The van der Waals surface area contributed by atoms with Crippen molar-refractivity contribution in [1.29, 1.82) is 0 Å². The summed E-state index contributed by atoms with van der Waals surface area (Å²) in [5, 5.41) is 6.09. The molecule has 0 aliphatic rings. The summed E-state index contributed by atoms with van der Waals surface area (Å²) in [7, 11) is 5.55. The summed E-state index contributed by atoms with van der Waals surface area (Å²) in [4.78, 5) is 14.7. The lowest BCUT2D eigenvalue weighted by Crippen LogP contribution is -2.15. The van der Waals surface area contributed by atoms with Crippen molar-refractivity contribution in [2.75, 3.05) is 36.7 Å². The Labute approximate surface area is 120 Å². The molecule has 0 bridgehead atoms. The van der Waals surface area contributed by atoms with Gasteiger partial charge in [-0.15, -0.1) is 0 Å². The van der Waals surface area contributed by atoms with Gasteiger partial charge < -0.3 is 15.5 Å². The van der Waals surface area contributed by atoms with E-state index in [2.05, 4.69) is 41.5 Å². The third-order valence-electron chi connectivity index (χ3n) is 2.37. The van der Waals surface area contributed by atoms with Crippen LogP contribution in [-0.4, -0.2) is 36.1 Å². The van der Waals surface area contributed by atoms with Crippen molar-refractivity contribution in [2.45, 2.75) is 0 Å². The Bertz CT molecular complexity index is 572. The fourth-order valence-electron chi connectivity index (χ4n) is 1.42. The van der Waals surface area contributed by atoms with Gasteiger partial charge in [-0.3, -0.25) is 0 Å². The number of hydrogen-bond donors (Lipinski definition) is 2. The Morgan fingerprint density at radius 1 is 1.05 bits per heavy atom. The summed E-state index contributed by atoms with van der Waals surface area (Å²) in [6.07, 6.45) is 0. The van der Waals surface area contributed by atoms with Crippen LogP contribution >= 0.6 is 15.9 Å². The number of benzene rings is 1. The van der Waals surface area contributed by atoms with Gasteiger partial charge >= 0.3 is 0 Å². The van der Waals surface area contributed by atoms with Gasteiger partial charge in [-0.1, -0.05) is 12.1 Å². The van der Waals surface area contributed by atoms with Crippen LogP contribution in [0.3, 0.4) is 0 Å². The highest BCUT2D eigenvalue weighted by Gasteiger charge is 2.08. The second kappa shape index (κ2) is 5.83. The summed E-state index contributed by atoms with van der Waals surface area (Å²) in [6, 6.07) is 7.80. The number of nitrogens with one attached hydrogen (secondary N) is 2. The van der Waals surface area contributed by atoms with Crippen molar-refractivity contribution in [3.05, 3.63) is 28.7 Å². The fourth-order valence-corrected chi connectivity index (χ4v) is 1.80. The van der Waals surface area contributed by atoms with E-state index in [1.54, 1.807) is 7.05 Å². The zero-order chi connectivity index (χ0) is 13.8. The van der Waals surface area contributed by atoms with E-state index in [1.165, 1.54) is 0 Å². The molecule has 0 saturated carbocycles. The highest BCUT2D eigenvalue weighted by molar-refractivity contribution is 9.10. The van der Waals surface area contributed by atoms with Crippen LogP contribution < -0.4 is 15.5 Å². The van der Waals surface area contributed by atoms with Crippen molar-refractivity contribution in [3.8, 4) is 0 Å². The molecule has 7 heteroatoms. The number of hydrogen-bond acceptors (Lipinski definition) is 6. The first-order chi connectivity index (χ1) is 9.10. The quantitative estimate of drug-likeness (QED) is 0.901. The van der Waals surface area contributed by atoms with E-state index in [4.69, 9.17) is 0 Å². The molecular weight excluding hydrogens is 308 g/mol. The lowest BCUT2D eigenvalue weighted by atomic mass is 10.3. The molecule has 19 heavy (non-hydrogen) atoms. The smallest absolute Gasteiger partial charge is 0.233 e. The van der Waals surface area contributed by atoms with E-state index in [0.717, 1.165) is 10.2 Å². The standard InChI is InChI=1S/C12H15BrN6/c1-14-10-16-11(18-12(17-10)19(2)3)15-9-7-5-4-6-8(9)13/h4-7H,1-3H3,(H2,14,15,16,17,18). The van der Waals surface area contributed by atoms with E-state index in [-0.39, 0.29) is 0 Å². The Morgan fingerprint density at radius 2 is 1.74 bits per heavy atom. The number of aromatic nitrogens is 3. The minimum Gasteiger partial charge on any atom is -0.357 e. The third-order valence-corrected chi connectivity index (χ3v) is 3.06. The molecule has 0 atom stereocenters. The van der Waals surface area contributed by atoms with Crippen molar-refractivity contribution >= 4 is 39.5 Å². The van der Waals surface area contributed by atoms with Gasteiger partial charge in [-0.25, -0.2) is 0 Å². The van der Waals surface area contributed by atoms with Gasteiger partial charge in [-0.2, -0.15) is 15.0 Å². The molecule has 0 radical (unpaired) electrons. The molecule has 2 aromatic rings. The number of halogens is 1. The van der Waals surface area contributed by atoms with Crippen LogP contribution in [-0.2, 0) is 0 Å². The molecule has 2 N–H and O–H groups in total. The van der Waals surface area contributed by atoms with Crippen LogP contribution in [0.15, 0.2) is 28.7 Å². The number of para-hydroxylation sites is 1. The van der Waals surface area contributed by atoms with E-state index in [9.17, 15) is 0 Å². The molecule has 100 valence electrons. The number of nitrogens with zero attached hydrogens (tertiary/aromatic N) is 4. The maximum atomic E-state index is 4.35. The maximum Gasteiger partial charge on any atom is 0.233 e. The Kier molecular flexibility index (Phi) is 4.16.